The van der Waals surface area contributed by atoms with Gasteiger partial charge in [-0.15, -0.1) is 0 Å². The molecule has 0 saturated heterocycles. The van der Waals surface area contributed by atoms with E-state index in [0.29, 0.717) is 6.61 Å². The third kappa shape index (κ3) is 10.6. The Morgan fingerprint density at radius 2 is 1.93 bits per heavy atom. The van der Waals surface area contributed by atoms with Crippen LogP contribution in [0.15, 0.2) is 22.9 Å². The van der Waals surface area contributed by atoms with Crippen molar-refractivity contribution in [3.8, 4) is 0 Å². The molecule has 1 aromatic heterocycles. The molecule has 0 atom stereocenters. The molecule has 1 heterocycles. The van der Waals surface area contributed by atoms with E-state index in [9.17, 15) is 9.59 Å². The summed E-state index contributed by atoms with van der Waals surface area (Å²) in [6.45, 7) is 3.37. The van der Waals surface area contributed by atoms with Crippen LogP contribution < -0.4 is 5.32 Å². The third-order valence-corrected chi connectivity index (χ3v) is 1.84. The quantitative estimate of drug-likeness (QED) is 0.798. The summed E-state index contributed by atoms with van der Waals surface area (Å²) in [5.41, 5.74) is 0. The van der Waals surface area contributed by atoms with Gasteiger partial charge in [-0.3, -0.25) is 9.59 Å². The van der Waals surface area contributed by atoms with Crippen molar-refractivity contribution in [1.29, 1.82) is 0 Å². The van der Waals surface area contributed by atoms with Gasteiger partial charge < -0.3 is 10.1 Å². The Balaban J connectivity index is 0.000000322. The molecule has 5 heteroatoms. The molecular weight excluding hydrogens is 214 g/mol. The molecule has 0 aliphatic carbocycles. The normalized spacial score (nSPS) is 8.40. The summed E-state index contributed by atoms with van der Waals surface area (Å²) in [6.07, 6.45) is 0. The maximum Gasteiger partial charge on any atom is 0.325 e. The van der Waals surface area contributed by atoms with Gasteiger partial charge in [0.1, 0.15) is 6.54 Å². The van der Waals surface area contributed by atoms with Crippen molar-refractivity contribution < 1.29 is 14.3 Å². The molecule has 15 heavy (non-hydrogen) atoms. The van der Waals surface area contributed by atoms with Crippen molar-refractivity contribution in [1.82, 2.24) is 5.32 Å². The van der Waals surface area contributed by atoms with Crippen molar-refractivity contribution in [3.63, 3.8) is 0 Å². The molecule has 4 nitrogen and oxygen atoms in total. The SMILES string of the molecule is CCOC(=O)CNC(C)=O.c1ccsc1. The highest BCUT2D eigenvalue weighted by molar-refractivity contribution is 7.07. The topological polar surface area (TPSA) is 55.4 Å². The Morgan fingerprint density at radius 1 is 1.33 bits per heavy atom. The first-order valence-electron chi connectivity index (χ1n) is 4.54. The molecule has 0 bridgehead atoms. The second-order valence-corrected chi connectivity index (χ2v) is 3.32. The number of hydrogen-bond donors (Lipinski definition) is 1. The van der Waals surface area contributed by atoms with Gasteiger partial charge in [0.05, 0.1) is 6.61 Å². The molecule has 0 aromatic carbocycles. The molecule has 84 valence electrons. The molecule has 0 radical (unpaired) electrons. The average Bonchev–Trinajstić information content (AvgIpc) is 2.73. The minimum absolute atomic E-state index is 0.0385. The van der Waals surface area contributed by atoms with E-state index in [1.165, 1.54) is 6.92 Å². The van der Waals surface area contributed by atoms with Crippen LogP contribution in [0.25, 0.3) is 0 Å². The van der Waals surface area contributed by atoms with Gasteiger partial charge in [0.2, 0.25) is 5.91 Å². The number of carbonyl (C=O) groups is 2. The van der Waals surface area contributed by atoms with E-state index in [4.69, 9.17) is 0 Å². The zero-order valence-electron chi connectivity index (χ0n) is 8.86. The molecule has 0 aliphatic rings. The van der Waals surface area contributed by atoms with Crippen LogP contribution in [0.5, 0.6) is 0 Å². The molecule has 1 N–H and O–H groups in total. The standard InChI is InChI=1S/C6H11NO3.C4H4S/c1-3-10-6(9)4-7-5(2)8;1-2-4-5-3-1/h3-4H2,1-2H3,(H,7,8);1-4H. The van der Waals surface area contributed by atoms with E-state index in [-0.39, 0.29) is 12.5 Å². The van der Waals surface area contributed by atoms with Gasteiger partial charge in [-0.2, -0.15) is 11.3 Å². The Hall–Kier alpha value is -1.36. The van der Waals surface area contributed by atoms with Gasteiger partial charge in [0.15, 0.2) is 0 Å². The smallest absolute Gasteiger partial charge is 0.325 e. The fraction of sp³-hybridized carbons (Fsp3) is 0.400. The summed E-state index contributed by atoms with van der Waals surface area (Å²) < 4.78 is 4.54. The van der Waals surface area contributed by atoms with E-state index in [0.717, 1.165) is 0 Å². The maximum absolute atomic E-state index is 10.5. The zero-order valence-corrected chi connectivity index (χ0v) is 9.67. The van der Waals surface area contributed by atoms with Crippen molar-refractivity contribution in [2.45, 2.75) is 13.8 Å². The first kappa shape index (κ1) is 13.6. The number of thiophene rings is 1. The van der Waals surface area contributed by atoms with Crippen LogP contribution in [0, 0.1) is 0 Å². The number of nitrogens with one attached hydrogen (secondary N) is 1. The molecule has 0 unspecified atom stereocenters. The monoisotopic (exact) mass is 229 g/mol. The van der Waals surface area contributed by atoms with Crippen LogP contribution in [0.2, 0.25) is 0 Å². The Labute approximate surface area is 93.3 Å². The van der Waals surface area contributed by atoms with Crippen molar-refractivity contribution in [2.24, 2.45) is 0 Å². The summed E-state index contributed by atoms with van der Waals surface area (Å²) in [7, 11) is 0. The summed E-state index contributed by atoms with van der Waals surface area (Å²) in [5.74, 6) is -0.634. The van der Waals surface area contributed by atoms with Crippen LogP contribution >= 0.6 is 11.3 Å². The largest absolute Gasteiger partial charge is 0.465 e. The molecule has 1 rings (SSSR count). The lowest BCUT2D eigenvalue weighted by Crippen LogP contribution is -2.28. The van der Waals surface area contributed by atoms with E-state index < -0.39 is 5.97 Å². The summed E-state index contributed by atoms with van der Waals surface area (Å²) in [4.78, 5) is 20.7. The number of carbonyl (C=O) groups excluding carboxylic acids is 2. The second kappa shape index (κ2) is 9.21. The van der Waals surface area contributed by atoms with Crippen LogP contribution in [0.4, 0.5) is 0 Å². The lowest BCUT2D eigenvalue weighted by Gasteiger charge is -2.00. The van der Waals surface area contributed by atoms with Crippen molar-refractivity contribution >= 4 is 23.2 Å². The predicted octanol–water partition coefficient (Wildman–Crippen LogP) is 1.43. The van der Waals surface area contributed by atoms with Gasteiger partial charge in [-0.05, 0) is 17.7 Å². The fourth-order valence-electron chi connectivity index (χ4n) is 0.635. The number of rotatable bonds is 3. The minimum atomic E-state index is -0.405. The number of ether oxygens (including phenoxy) is 1. The highest BCUT2D eigenvalue weighted by atomic mass is 32.1. The number of hydrogen-bond acceptors (Lipinski definition) is 4. The van der Waals surface area contributed by atoms with E-state index >= 15 is 0 Å². The number of amides is 1. The zero-order chi connectivity index (χ0) is 11.5. The highest BCUT2D eigenvalue weighted by Crippen LogP contribution is 1.91. The van der Waals surface area contributed by atoms with E-state index in [1.807, 2.05) is 22.9 Å². The van der Waals surface area contributed by atoms with Gasteiger partial charge in [0.25, 0.3) is 0 Å². The maximum atomic E-state index is 10.5. The fourth-order valence-corrected chi connectivity index (χ4v) is 1.09. The first-order chi connectivity index (χ1) is 7.16. The molecule has 0 saturated carbocycles. The molecular formula is C10H15NO3S. The molecule has 1 amide bonds. The summed E-state index contributed by atoms with van der Waals surface area (Å²) in [6, 6.07) is 4.04. The van der Waals surface area contributed by atoms with Crippen LogP contribution in [-0.2, 0) is 14.3 Å². The Bertz CT molecular complexity index is 255. The van der Waals surface area contributed by atoms with Gasteiger partial charge in [-0.25, -0.2) is 0 Å². The average molecular weight is 229 g/mol. The van der Waals surface area contributed by atoms with Crippen molar-refractivity contribution in [3.05, 3.63) is 22.9 Å². The van der Waals surface area contributed by atoms with Gasteiger partial charge in [0, 0.05) is 6.92 Å². The van der Waals surface area contributed by atoms with E-state index in [1.54, 1.807) is 18.3 Å². The lowest BCUT2D eigenvalue weighted by molar-refractivity contribution is -0.143. The summed E-state index contributed by atoms with van der Waals surface area (Å²) >= 11 is 1.71. The Kier molecular flexibility index (Phi) is 8.37. The van der Waals surface area contributed by atoms with Crippen molar-refractivity contribution in [2.75, 3.05) is 13.2 Å². The van der Waals surface area contributed by atoms with Gasteiger partial charge >= 0.3 is 5.97 Å². The number of esters is 1. The first-order valence-corrected chi connectivity index (χ1v) is 5.48. The predicted molar refractivity (Wildman–Crippen MR) is 59.6 cm³/mol. The van der Waals surface area contributed by atoms with Crippen LogP contribution in [0.1, 0.15) is 13.8 Å². The molecule has 0 spiro atoms. The summed E-state index contributed by atoms with van der Waals surface area (Å²) in [5, 5.41) is 6.40. The molecule has 1 aromatic rings. The van der Waals surface area contributed by atoms with E-state index in [2.05, 4.69) is 10.1 Å². The highest BCUT2D eigenvalue weighted by Gasteiger charge is 2.00. The third-order valence-electron chi connectivity index (χ3n) is 1.21. The lowest BCUT2D eigenvalue weighted by atomic mass is 10.6. The molecule has 0 aliphatic heterocycles. The van der Waals surface area contributed by atoms with Crippen LogP contribution in [0.3, 0.4) is 0 Å². The molecule has 0 fully saturated rings. The van der Waals surface area contributed by atoms with Gasteiger partial charge in [-0.1, -0.05) is 12.1 Å². The van der Waals surface area contributed by atoms with Crippen LogP contribution in [-0.4, -0.2) is 25.0 Å². The Morgan fingerprint density at radius 3 is 2.27 bits per heavy atom. The second-order valence-electron chi connectivity index (χ2n) is 2.51. The minimum Gasteiger partial charge on any atom is -0.465 e.